The van der Waals surface area contributed by atoms with Crippen molar-refractivity contribution in [2.24, 2.45) is 11.7 Å². The molecule has 0 radical (unpaired) electrons. The van der Waals surface area contributed by atoms with Crippen LogP contribution in [0.3, 0.4) is 0 Å². The third kappa shape index (κ3) is 3.89. The van der Waals surface area contributed by atoms with Crippen LogP contribution in [0.1, 0.15) is 45.4 Å². The molecule has 1 heterocycles. The first-order valence-electron chi connectivity index (χ1n) is 7.82. The van der Waals surface area contributed by atoms with E-state index in [1.54, 1.807) is 0 Å². The molecule has 1 aliphatic heterocycles. The van der Waals surface area contributed by atoms with Gasteiger partial charge in [-0.25, -0.2) is 0 Å². The summed E-state index contributed by atoms with van der Waals surface area (Å²) in [5, 5.41) is 0.722. The molecule has 0 aromatic heterocycles. The Bertz CT molecular complexity index is 320. The van der Waals surface area contributed by atoms with Crippen molar-refractivity contribution >= 4 is 17.7 Å². The highest BCUT2D eigenvalue weighted by atomic mass is 32.2. The van der Waals surface area contributed by atoms with Crippen LogP contribution in [-0.4, -0.2) is 42.3 Å². The van der Waals surface area contributed by atoms with Crippen LogP contribution in [0, 0.1) is 5.92 Å². The van der Waals surface area contributed by atoms with Gasteiger partial charge in [0.2, 0.25) is 0 Å². The van der Waals surface area contributed by atoms with E-state index in [0.29, 0.717) is 6.61 Å². The molecule has 1 aliphatic carbocycles. The molecule has 2 fully saturated rings. The zero-order chi connectivity index (χ0) is 14.4. The van der Waals surface area contributed by atoms with Gasteiger partial charge < -0.3 is 15.2 Å². The van der Waals surface area contributed by atoms with Gasteiger partial charge in [-0.3, -0.25) is 4.79 Å². The fourth-order valence-electron chi connectivity index (χ4n) is 3.26. The van der Waals surface area contributed by atoms with Gasteiger partial charge >= 0.3 is 5.97 Å². The minimum absolute atomic E-state index is 0.196. The highest BCUT2D eigenvalue weighted by Crippen LogP contribution is 2.38. The lowest BCUT2D eigenvalue weighted by Gasteiger charge is -2.29. The molecule has 0 bridgehead atoms. The Morgan fingerprint density at radius 2 is 2.15 bits per heavy atom. The number of hydrogen-bond donors (Lipinski definition) is 1. The van der Waals surface area contributed by atoms with E-state index in [1.165, 1.54) is 0 Å². The van der Waals surface area contributed by atoms with Crippen LogP contribution in [0.4, 0.5) is 0 Å². The van der Waals surface area contributed by atoms with Crippen LogP contribution in [0.25, 0.3) is 0 Å². The maximum absolute atomic E-state index is 12.1. The van der Waals surface area contributed by atoms with Crippen molar-refractivity contribution < 1.29 is 14.3 Å². The number of nitrogens with two attached hydrogens (primary N) is 1. The molecule has 2 unspecified atom stereocenters. The summed E-state index contributed by atoms with van der Waals surface area (Å²) in [5.41, 5.74) is 5.62. The zero-order valence-electron chi connectivity index (χ0n) is 12.4. The summed E-state index contributed by atoms with van der Waals surface area (Å²) in [5.74, 6) is 1.18. The molecule has 5 heteroatoms. The molecule has 2 rings (SSSR count). The SMILES string of the molecule is CCOC(=O)C1(N)CCCC1CCSC1CCOCC1. The molecule has 116 valence electrons. The van der Waals surface area contributed by atoms with E-state index in [0.717, 1.165) is 62.7 Å². The van der Waals surface area contributed by atoms with Crippen molar-refractivity contribution in [3.63, 3.8) is 0 Å². The third-order valence-electron chi connectivity index (χ3n) is 4.52. The van der Waals surface area contributed by atoms with Gasteiger partial charge in [0, 0.05) is 18.5 Å². The lowest BCUT2D eigenvalue weighted by Crippen LogP contribution is -2.52. The second kappa shape index (κ2) is 7.66. The van der Waals surface area contributed by atoms with E-state index in [1.807, 2.05) is 18.7 Å². The van der Waals surface area contributed by atoms with Gasteiger partial charge in [0.1, 0.15) is 5.54 Å². The first-order valence-corrected chi connectivity index (χ1v) is 8.87. The van der Waals surface area contributed by atoms with Crippen LogP contribution in [0.5, 0.6) is 0 Å². The summed E-state index contributed by atoms with van der Waals surface area (Å²) >= 11 is 2.02. The predicted octanol–water partition coefficient (Wildman–Crippen LogP) is 2.35. The summed E-state index contributed by atoms with van der Waals surface area (Å²) in [6, 6.07) is 0. The van der Waals surface area contributed by atoms with Gasteiger partial charge in [0.05, 0.1) is 6.61 Å². The monoisotopic (exact) mass is 301 g/mol. The van der Waals surface area contributed by atoms with Gasteiger partial charge in [-0.1, -0.05) is 6.42 Å². The molecule has 1 saturated carbocycles. The Morgan fingerprint density at radius 1 is 1.40 bits per heavy atom. The smallest absolute Gasteiger partial charge is 0.326 e. The molecule has 2 atom stereocenters. The minimum atomic E-state index is -0.730. The molecule has 1 saturated heterocycles. The van der Waals surface area contributed by atoms with Gasteiger partial charge in [0.25, 0.3) is 0 Å². The van der Waals surface area contributed by atoms with Crippen molar-refractivity contribution in [3.8, 4) is 0 Å². The fourth-order valence-corrected chi connectivity index (χ4v) is 4.54. The van der Waals surface area contributed by atoms with E-state index in [2.05, 4.69) is 0 Å². The van der Waals surface area contributed by atoms with Crippen molar-refractivity contribution in [2.75, 3.05) is 25.6 Å². The maximum Gasteiger partial charge on any atom is 0.326 e. The second-order valence-electron chi connectivity index (χ2n) is 5.82. The highest BCUT2D eigenvalue weighted by molar-refractivity contribution is 7.99. The number of esters is 1. The molecule has 2 N–H and O–H groups in total. The van der Waals surface area contributed by atoms with Gasteiger partial charge in [0.15, 0.2) is 0 Å². The number of ether oxygens (including phenoxy) is 2. The minimum Gasteiger partial charge on any atom is -0.465 e. The van der Waals surface area contributed by atoms with E-state index in [9.17, 15) is 4.79 Å². The van der Waals surface area contributed by atoms with Gasteiger partial charge in [-0.15, -0.1) is 0 Å². The van der Waals surface area contributed by atoms with Crippen LogP contribution in [0.15, 0.2) is 0 Å². The lowest BCUT2D eigenvalue weighted by molar-refractivity contribution is -0.151. The molecule has 20 heavy (non-hydrogen) atoms. The van der Waals surface area contributed by atoms with Crippen LogP contribution in [-0.2, 0) is 14.3 Å². The number of rotatable bonds is 6. The van der Waals surface area contributed by atoms with E-state index < -0.39 is 5.54 Å². The first kappa shape index (κ1) is 16.1. The Morgan fingerprint density at radius 3 is 2.85 bits per heavy atom. The Balaban J connectivity index is 1.77. The van der Waals surface area contributed by atoms with E-state index in [4.69, 9.17) is 15.2 Å². The predicted molar refractivity (Wildman–Crippen MR) is 81.8 cm³/mol. The number of carbonyl (C=O) groups is 1. The Labute approximate surface area is 126 Å². The first-order chi connectivity index (χ1) is 9.66. The molecule has 2 aliphatic rings. The van der Waals surface area contributed by atoms with Crippen LogP contribution < -0.4 is 5.73 Å². The average molecular weight is 301 g/mol. The summed E-state index contributed by atoms with van der Waals surface area (Å²) in [6.45, 7) is 4.04. The standard InChI is InChI=1S/C15H27NO3S/c1-2-19-14(17)15(16)8-3-4-12(15)7-11-20-13-5-9-18-10-6-13/h12-13H,2-11,16H2,1H3. The quantitative estimate of drug-likeness (QED) is 0.763. The zero-order valence-corrected chi connectivity index (χ0v) is 13.3. The largest absolute Gasteiger partial charge is 0.465 e. The maximum atomic E-state index is 12.1. The normalized spacial score (nSPS) is 31.4. The van der Waals surface area contributed by atoms with Crippen LogP contribution in [0.2, 0.25) is 0 Å². The number of hydrogen-bond acceptors (Lipinski definition) is 5. The van der Waals surface area contributed by atoms with E-state index >= 15 is 0 Å². The van der Waals surface area contributed by atoms with Crippen LogP contribution >= 0.6 is 11.8 Å². The number of carbonyl (C=O) groups excluding carboxylic acids is 1. The number of thioether (sulfide) groups is 1. The fraction of sp³-hybridized carbons (Fsp3) is 0.933. The summed E-state index contributed by atoms with van der Waals surface area (Å²) < 4.78 is 10.5. The summed E-state index contributed by atoms with van der Waals surface area (Å²) in [4.78, 5) is 12.1. The van der Waals surface area contributed by atoms with Crippen molar-refractivity contribution in [2.45, 2.75) is 56.2 Å². The second-order valence-corrected chi connectivity index (χ2v) is 7.23. The molecule has 0 aromatic carbocycles. The lowest BCUT2D eigenvalue weighted by atomic mass is 9.86. The Kier molecular flexibility index (Phi) is 6.18. The molecule has 0 amide bonds. The summed E-state index contributed by atoms with van der Waals surface area (Å²) in [6.07, 6.45) is 6.21. The van der Waals surface area contributed by atoms with Crippen molar-refractivity contribution in [1.29, 1.82) is 0 Å². The molecule has 0 spiro atoms. The topological polar surface area (TPSA) is 61.5 Å². The highest BCUT2D eigenvalue weighted by Gasteiger charge is 2.46. The molecular formula is C15H27NO3S. The Hall–Kier alpha value is -0.260. The van der Waals surface area contributed by atoms with Crippen molar-refractivity contribution in [1.82, 2.24) is 0 Å². The van der Waals surface area contributed by atoms with E-state index in [-0.39, 0.29) is 11.9 Å². The molecule has 4 nitrogen and oxygen atoms in total. The average Bonchev–Trinajstić information content (AvgIpc) is 2.83. The van der Waals surface area contributed by atoms with Gasteiger partial charge in [-0.2, -0.15) is 11.8 Å². The third-order valence-corrected chi connectivity index (χ3v) is 5.93. The summed E-state index contributed by atoms with van der Waals surface area (Å²) in [7, 11) is 0. The molecule has 0 aromatic rings. The van der Waals surface area contributed by atoms with Crippen molar-refractivity contribution in [3.05, 3.63) is 0 Å². The van der Waals surface area contributed by atoms with Gasteiger partial charge in [-0.05, 0) is 50.7 Å². The molecular weight excluding hydrogens is 274 g/mol.